The SMILES string of the molecule is C=CC(C[C@H](O)CNC(=O)COc1ccc(Cl)c(F)c1)NC(=O)COc1cccc(C)c1. The van der Waals surface area contributed by atoms with Crippen LogP contribution in [0.4, 0.5) is 4.39 Å². The summed E-state index contributed by atoms with van der Waals surface area (Å²) in [5.41, 5.74) is 1.02. The summed E-state index contributed by atoms with van der Waals surface area (Å²) >= 11 is 5.59. The lowest BCUT2D eigenvalue weighted by molar-refractivity contribution is -0.124. The number of ether oxygens (including phenoxy) is 2. The van der Waals surface area contributed by atoms with Gasteiger partial charge < -0.3 is 25.2 Å². The van der Waals surface area contributed by atoms with Gasteiger partial charge in [-0.1, -0.05) is 29.8 Å². The Bertz CT molecular complexity index is 940. The van der Waals surface area contributed by atoms with Gasteiger partial charge in [-0.15, -0.1) is 6.58 Å². The van der Waals surface area contributed by atoms with Crippen LogP contribution in [0.25, 0.3) is 0 Å². The Morgan fingerprint density at radius 1 is 1.16 bits per heavy atom. The van der Waals surface area contributed by atoms with Crippen molar-refractivity contribution in [1.29, 1.82) is 0 Å². The molecule has 172 valence electrons. The number of amides is 2. The summed E-state index contributed by atoms with van der Waals surface area (Å²) in [6, 6.07) is 10.6. The Morgan fingerprint density at radius 2 is 1.84 bits per heavy atom. The monoisotopic (exact) mass is 464 g/mol. The third kappa shape index (κ3) is 8.95. The molecule has 0 aromatic heterocycles. The number of benzene rings is 2. The lowest BCUT2D eigenvalue weighted by Gasteiger charge is -2.19. The number of aryl methyl sites for hydroxylation is 1. The number of hydrogen-bond donors (Lipinski definition) is 3. The van der Waals surface area contributed by atoms with Crippen LogP contribution in [0.2, 0.25) is 5.02 Å². The van der Waals surface area contributed by atoms with Crippen molar-refractivity contribution in [2.24, 2.45) is 0 Å². The minimum atomic E-state index is -0.937. The molecule has 3 N–H and O–H groups in total. The van der Waals surface area contributed by atoms with Crippen LogP contribution in [0.1, 0.15) is 12.0 Å². The number of carbonyl (C=O) groups excluding carboxylic acids is 2. The van der Waals surface area contributed by atoms with E-state index in [-0.39, 0.29) is 42.9 Å². The molecule has 0 radical (unpaired) electrons. The highest BCUT2D eigenvalue weighted by atomic mass is 35.5. The maximum absolute atomic E-state index is 13.4. The Morgan fingerprint density at radius 3 is 2.50 bits per heavy atom. The first kappa shape index (κ1) is 25.2. The van der Waals surface area contributed by atoms with Crippen LogP contribution in [0, 0.1) is 12.7 Å². The summed E-state index contributed by atoms with van der Waals surface area (Å²) < 4.78 is 24.0. The second-order valence-electron chi connectivity index (χ2n) is 7.07. The van der Waals surface area contributed by atoms with Gasteiger partial charge in [0.25, 0.3) is 11.8 Å². The van der Waals surface area contributed by atoms with Gasteiger partial charge in [-0.2, -0.15) is 0 Å². The Balaban J connectivity index is 1.68. The van der Waals surface area contributed by atoms with Gasteiger partial charge in [-0.3, -0.25) is 9.59 Å². The van der Waals surface area contributed by atoms with E-state index < -0.39 is 23.9 Å². The average Bonchev–Trinajstić information content (AvgIpc) is 2.76. The average molecular weight is 465 g/mol. The largest absolute Gasteiger partial charge is 0.484 e. The molecule has 9 heteroatoms. The van der Waals surface area contributed by atoms with Crippen molar-refractivity contribution in [3.8, 4) is 11.5 Å². The van der Waals surface area contributed by atoms with Crippen LogP contribution in [0.3, 0.4) is 0 Å². The fraction of sp³-hybridized carbons (Fsp3) is 0.304. The maximum Gasteiger partial charge on any atom is 0.258 e. The van der Waals surface area contributed by atoms with Gasteiger partial charge in [-0.25, -0.2) is 4.39 Å². The molecule has 0 aliphatic heterocycles. The highest BCUT2D eigenvalue weighted by Gasteiger charge is 2.16. The molecule has 0 fully saturated rings. The van der Waals surface area contributed by atoms with E-state index in [2.05, 4.69) is 17.2 Å². The summed E-state index contributed by atoms with van der Waals surface area (Å²) in [4.78, 5) is 24.0. The molecule has 0 aliphatic rings. The fourth-order valence-electron chi connectivity index (χ4n) is 2.69. The predicted octanol–water partition coefficient (Wildman–Crippen LogP) is 2.78. The molecule has 0 saturated carbocycles. The van der Waals surface area contributed by atoms with Crippen molar-refractivity contribution in [1.82, 2.24) is 10.6 Å². The van der Waals surface area contributed by atoms with E-state index in [0.717, 1.165) is 11.6 Å². The second-order valence-corrected chi connectivity index (χ2v) is 7.48. The lowest BCUT2D eigenvalue weighted by atomic mass is 10.1. The van der Waals surface area contributed by atoms with Gasteiger partial charge in [0.1, 0.15) is 17.3 Å². The topological polar surface area (TPSA) is 96.9 Å². The molecule has 2 atom stereocenters. The minimum Gasteiger partial charge on any atom is -0.484 e. The first-order valence-electron chi connectivity index (χ1n) is 9.91. The molecule has 2 amide bonds. The number of halogens is 2. The van der Waals surface area contributed by atoms with Gasteiger partial charge in [0.2, 0.25) is 0 Å². The normalized spacial score (nSPS) is 12.4. The molecule has 2 rings (SSSR count). The van der Waals surface area contributed by atoms with Crippen molar-refractivity contribution in [2.45, 2.75) is 25.5 Å². The van der Waals surface area contributed by atoms with Crippen molar-refractivity contribution in [3.05, 3.63) is 71.5 Å². The summed E-state index contributed by atoms with van der Waals surface area (Å²) in [6.45, 7) is 4.98. The van der Waals surface area contributed by atoms with Gasteiger partial charge in [0, 0.05) is 18.7 Å². The Labute approximate surface area is 191 Å². The third-order valence-corrected chi connectivity index (χ3v) is 4.62. The molecule has 0 heterocycles. The number of aliphatic hydroxyl groups excluding tert-OH is 1. The summed E-state index contributed by atoms with van der Waals surface area (Å²) in [7, 11) is 0. The Hall–Kier alpha value is -3.10. The van der Waals surface area contributed by atoms with E-state index in [1.165, 1.54) is 18.2 Å². The van der Waals surface area contributed by atoms with Crippen molar-refractivity contribution < 1.29 is 28.6 Å². The van der Waals surface area contributed by atoms with E-state index in [9.17, 15) is 19.1 Å². The molecular weight excluding hydrogens is 439 g/mol. The van der Waals surface area contributed by atoms with Gasteiger partial charge >= 0.3 is 0 Å². The van der Waals surface area contributed by atoms with Gasteiger partial charge in [-0.05, 0) is 43.2 Å². The van der Waals surface area contributed by atoms with Crippen molar-refractivity contribution >= 4 is 23.4 Å². The first-order chi connectivity index (χ1) is 15.3. The second kappa shape index (κ2) is 12.7. The van der Waals surface area contributed by atoms with Crippen LogP contribution in [0.15, 0.2) is 55.1 Å². The van der Waals surface area contributed by atoms with Crippen LogP contribution in [-0.4, -0.2) is 48.8 Å². The van der Waals surface area contributed by atoms with E-state index in [1.54, 1.807) is 6.07 Å². The molecule has 0 spiro atoms. The van der Waals surface area contributed by atoms with Gasteiger partial charge in [0.05, 0.1) is 11.1 Å². The highest BCUT2D eigenvalue weighted by Crippen LogP contribution is 2.20. The molecule has 0 bridgehead atoms. The fourth-order valence-corrected chi connectivity index (χ4v) is 2.81. The van der Waals surface area contributed by atoms with E-state index in [1.807, 2.05) is 25.1 Å². The zero-order chi connectivity index (χ0) is 23.5. The molecule has 2 aromatic carbocycles. The van der Waals surface area contributed by atoms with E-state index in [0.29, 0.717) is 5.75 Å². The van der Waals surface area contributed by atoms with Crippen LogP contribution < -0.4 is 20.1 Å². The molecule has 1 unspecified atom stereocenters. The number of hydrogen-bond acceptors (Lipinski definition) is 5. The summed E-state index contributed by atoms with van der Waals surface area (Å²) in [6.07, 6.45) is 0.699. The summed E-state index contributed by atoms with van der Waals surface area (Å²) in [5.74, 6) is -0.769. The molecular formula is C23H26ClFN2O5. The van der Waals surface area contributed by atoms with Crippen LogP contribution >= 0.6 is 11.6 Å². The lowest BCUT2D eigenvalue weighted by Crippen LogP contribution is -2.42. The molecule has 0 aliphatic carbocycles. The zero-order valence-corrected chi connectivity index (χ0v) is 18.4. The maximum atomic E-state index is 13.4. The van der Waals surface area contributed by atoms with E-state index in [4.69, 9.17) is 21.1 Å². The Kier molecular flexibility index (Phi) is 9.97. The molecule has 2 aromatic rings. The molecule has 32 heavy (non-hydrogen) atoms. The third-order valence-electron chi connectivity index (χ3n) is 4.31. The standard InChI is InChI=1S/C23H26ClFN2O5/c1-3-16(27-23(30)14-32-18-6-4-5-15(2)9-18)10-17(28)12-26-22(29)13-31-19-7-8-20(24)21(25)11-19/h3-9,11,16-17,28H,1,10,12-14H2,2H3,(H,26,29)(H,27,30)/t16?,17-/m0/s1. The zero-order valence-electron chi connectivity index (χ0n) is 17.6. The van der Waals surface area contributed by atoms with E-state index >= 15 is 0 Å². The van der Waals surface area contributed by atoms with Gasteiger partial charge in [0.15, 0.2) is 13.2 Å². The highest BCUT2D eigenvalue weighted by molar-refractivity contribution is 6.30. The first-order valence-corrected chi connectivity index (χ1v) is 10.3. The smallest absolute Gasteiger partial charge is 0.258 e. The van der Waals surface area contributed by atoms with Crippen LogP contribution in [0.5, 0.6) is 11.5 Å². The number of nitrogens with one attached hydrogen (secondary N) is 2. The quantitative estimate of drug-likeness (QED) is 0.420. The van der Waals surface area contributed by atoms with Crippen molar-refractivity contribution in [2.75, 3.05) is 19.8 Å². The van der Waals surface area contributed by atoms with Crippen molar-refractivity contribution in [3.63, 3.8) is 0 Å². The summed E-state index contributed by atoms with van der Waals surface area (Å²) in [5, 5.41) is 15.3. The number of rotatable bonds is 12. The minimum absolute atomic E-state index is 0.0458. The number of carbonyl (C=O) groups is 2. The van der Waals surface area contributed by atoms with Crippen LogP contribution in [-0.2, 0) is 9.59 Å². The molecule has 0 saturated heterocycles. The number of aliphatic hydroxyl groups is 1. The predicted molar refractivity (Wildman–Crippen MR) is 119 cm³/mol. The molecule has 7 nitrogen and oxygen atoms in total.